The standard InChI is InChI=1S/C15H16ClN3O/c1-11(7-8-12-5-3-2-4-6-12)19-15(20)13-9-18-14(16)10-17-13/h2-6,9-11H,7-8H2,1H3,(H,19,20). The molecule has 1 unspecified atom stereocenters. The van der Waals surface area contributed by atoms with Crippen molar-refractivity contribution in [1.29, 1.82) is 0 Å². The first-order valence-corrected chi connectivity index (χ1v) is 6.85. The summed E-state index contributed by atoms with van der Waals surface area (Å²) in [5, 5.41) is 3.18. The topological polar surface area (TPSA) is 54.9 Å². The Balaban J connectivity index is 1.83. The molecule has 0 fully saturated rings. The molecule has 0 aliphatic rings. The maximum Gasteiger partial charge on any atom is 0.271 e. The lowest BCUT2D eigenvalue weighted by molar-refractivity contribution is 0.0933. The molecule has 5 heteroatoms. The molecule has 104 valence electrons. The van der Waals surface area contributed by atoms with Crippen LogP contribution in [0.4, 0.5) is 0 Å². The lowest BCUT2D eigenvalue weighted by atomic mass is 10.1. The van der Waals surface area contributed by atoms with Crippen LogP contribution in [0, 0.1) is 0 Å². The second-order valence-corrected chi connectivity index (χ2v) is 5.01. The summed E-state index contributed by atoms with van der Waals surface area (Å²) in [6.07, 6.45) is 4.54. The summed E-state index contributed by atoms with van der Waals surface area (Å²) in [7, 11) is 0. The van der Waals surface area contributed by atoms with Gasteiger partial charge in [0.15, 0.2) is 0 Å². The van der Waals surface area contributed by atoms with Gasteiger partial charge in [0.2, 0.25) is 0 Å². The normalized spacial score (nSPS) is 11.9. The van der Waals surface area contributed by atoms with Crippen molar-refractivity contribution >= 4 is 17.5 Å². The highest BCUT2D eigenvalue weighted by atomic mass is 35.5. The zero-order valence-electron chi connectivity index (χ0n) is 11.2. The molecule has 1 aromatic heterocycles. The van der Waals surface area contributed by atoms with Gasteiger partial charge in [0.05, 0.1) is 12.4 Å². The number of amides is 1. The molecule has 1 heterocycles. The number of rotatable bonds is 5. The average molecular weight is 290 g/mol. The highest BCUT2D eigenvalue weighted by Gasteiger charge is 2.11. The minimum Gasteiger partial charge on any atom is -0.348 e. The van der Waals surface area contributed by atoms with Crippen LogP contribution in [-0.2, 0) is 6.42 Å². The van der Waals surface area contributed by atoms with Gasteiger partial charge in [-0.25, -0.2) is 9.97 Å². The van der Waals surface area contributed by atoms with Gasteiger partial charge in [-0.1, -0.05) is 41.9 Å². The molecular formula is C15H16ClN3O. The molecule has 0 spiro atoms. The number of carbonyl (C=O) groups is 1. The van der Waals surface area contributed by atoms with E-state index in [4.69, 9.17) is 11.6 Å². The van der Waals surface area contributed by atoms with Gasteiger partial charge >= 0.3 is 0 Å². The number of hydrogen-bond donors (Lipinski definition) is 1. The Hall–Kier alpha value is -1.94. The molecule has 4 nitrogen and oxygen atoms in total. The first-order chi connectivity index (χ1) is 9.65. The predicted molar refractivity (Wildman–Crippen MR) is 78.7 cm³/mol. The van der Waals surface area contributed by atoms with E-state index in [9.17, 15) is 4.79 Å². The number of nitrogens with zero attached hydrogens (tertiary/aromatic N) is 2. The van der Waals surface area contributed by atoms with Crippen LogP contribution in [0.15, 0.2) is 42.7 Å². The van der Waals surface area contributed by atoms with Crippen molar-refractivity contribution in [2.75, 3.05) is 0 Å². The van der Waals surface area contributed by atoms with Crippen molar-refractivity contribution in [2.24, 2.45) is 0 Å². The zero-order valence-corrected chi connectivity index (χ0v) is 12.0. The molecule has 0 saturated heterocycles. The van der Waals surface area contributed by atoms with Crippen molar-refractivity contribution in [3.05, 3.63) is 59.1 Å². The minimum absolute atomic E-state index is 0.0696. The summed E-state index contributed by atoms with van der Waals surface area (Å²) in [4.78, 5) is 19.7. The lowest BCUT2D eigenvalue weighted by Crippen LogP contribution is -2.33. The Labute approximate surface area is 123 Å². The summed E-state index contributed by atoms with van der Waals surface area (Å²) in [5.74, 6) is -0.227. The second-order valence-electron chi connectivity index (χ2n) is 4.62. The van der Waals surface area contributed by atoms with Gasteiger partial charge in [-0.3, -0.25) is 4.79 Å². The SMILES string of the molecule is CC(CCc1ccccc1)NC(=O)c1cnc(Cl)cn1. The number of benzene rings is 1. The predicted octanol–water partition coefficient (Wildman–Crippen LogP) is 2.88. The molecule has 20 heavy (non-hydrogen) atoms. The van der Waals surface area contributed by atoms with Crippen molar-refractivity contribution < 1.29 is 4.79 Å². The van der Waals surface area contributed by atoms with Crippen LogP contribution < -0.4 is 5.32 Å². The fourth-order valence-electron chi connectivity index (χ4n) is 1.83. The number of aromatic nitrogens is 2. The minimum atomic E-state index is -0.227. The van der Waals surface area contributed by atoms with Gasteiger partial charge in [0.25, 0.3) is 5.91 Å². The van der Waals surface area contributed by atoms with Crippen LogP contribution in [0.25, 0.3) is 0 Å². The number of carbonyl (C=O) groups excluding carboxylic acids is 1. The van der Waals surface area contributed by atoms with Crippen molar-refractivity contribution in [2.45, 2.75) is 25.8 Å². The highest BCUT2D eigenvalue weighted by Crippen LogP contribution is 2.06. The van der Waals surface area contributed by atoms with Crippen LogP contribution in [0.2, 0.25) is 5.15 Å². The van der Waals surface area contributed by atoms with E-state index in [1.54, 1.807) is 0 Å². The van der Waals surface area contributed by atoms with E-state index < -0.39 is 0 Å². The molecule has 0 aliphatic carbocycles. The van der Waals surface area contributed by atoms with E-state index in [1.165, 1.54) is 18.0 Å². The first-order valence-electron chi connectivity index (χ1n) is 6.47. The fourth-order valence-corrected chi connectivity index (χ4v) is 1.92. The number of aryl methyl sites for hydroxylation is 1. The third kappa shape index (κ3) is 4.31. The molecule has 2 aromatic rings. The van der Waals surface area contributed by atoms with E-state index in [-0.39, 0.29) is 22.8 Å². The smallest absolute Gasteiger partial charge is 0.271 e. The molecule has 0 bridgehead atoms. The molecule has 0 saturated carbocycles. The Bertz CT molecular complexity index is 557. The summed E-state index contributed by atoms with van der Waals surface area (Å²) >= 11 is 5.63. The maximum absolute atomic E-state index is 11.9. The zero-order chi connectivity index (χ0) is 14.4. The van der Waals surface area contributed by atoms with Crippen LogP contribution in [0.3, 0.4) is 0 Å². The van der Waals surface area contributed by atoms with E-state index in [2.05, 4.69) is 27.4 Å². The van der Waals surface area contributed by atoms with Gasteiger partial charge in [0, 0.05) is 6.04 Å². The van der Waals surface area contributed by atoms with Crippen LogP contribution in [-0.4, -0.2) is 21.9 Å². The fraction of sp³-hybridized carbons (Fsp3) is 0.267. The molecule has 1 aromatic carbocycles. The summed E-state index contributed by atoms with van der Waals surface area (Å²) in [5.41, 5.74) is 1.54. The van der Waals surface area contributed by atoms with Gasteiger partial charge in [-0.15, -0.1) is 0 Å². The highest BCUT2D eigenvalue weighted by molar-refractivity contribution is 6.29. The summed E-state index contributed by atoms with van der Waals surface area (Å²) in [6.45, 7) is 1.98. The second kappa shape index (κ2) is 7.01. The molecular weight excluding hydrogens is 274 g/mol. The molecule has 0 aliphatic heterocycles. The van der Waals surface area contributed by atoms with E-state index in [0.29, 0.717) is 0 Å². The number of hydrogen-bond acceptors (Lipinski definition) is 3. The summed E-state index contributed by atoms with van der Waals surface area (Å²) < 4.78 is 0. The Morgan fingerprint density at radius 2 is 2.00 bits per heavy atom. The number of nitrogens with one attached hydrogen (secondary N) is 1. The van der Waals surface area contributed by atoms with Crippen LogP contribution in [0.5, 0.6) is 0 Å². The maximum atomic E-state index is 11.9. The Morgan fingerprint density at radius 1 is 1.25 bits per heavy atom. The van der Waals surface area contributed by atoms with Gasteiger partial charge in [-0.05, 0) is 25.3 Å². The first kappa shape index (κ1) is 14.5. The monoisotopic (exact) mass is 289 g/mol. The van der Waals surface area contributed by atoms with Gasteiger partial charge in [0.1, 0.15) is 10.8 Å². The van der Waals surface area contributed by atoms with Crippen molar-refractivity contribution in [3.8, 4) is 0 Å². The molecule has 1 atom stereocenters. The third-order valence-electron chi connectivity index (χ3n) is 2.94. The van der Waals surface area contributed by atoms with Gasteiger partial charge in [-0.2, -0.15) is 0 Å². The van der Waals surface area contributed by atoms with E-state index >= 15 is 0 Å². The molecule has 1 N–H and O–H groups in total. The Morgan fingerprint density at radius 3 is 2.65 bits per heavy atom. The molecule has 0 radical (unpaired) electrons. The van der Waals surface area contributed by atoms with E-state index in [1.807, 2.05) is 25.1 Å². The van der Waals surface area contributed by atoms with Gasteiger partial charge < -0.3 is 5.32 Å². The molecule has 1 amide bonds. The lowest BCUT2D eigenvalue weighted by Gasteiger charge is -2.13. The third-order valence-corrected chi connectivity index (χ3v) is 3.13. The molecule has 2 rings (SSSR count). The average Bonchev–Trinajstić information content (AvgIpc) is 2.47. The summed E-state index contributed by atoms with van der Waals surface area (Å²) in [6, 6.07) is 10.3. The number of halogens is 1. The quantitative estimate of drug-likeness (QED) is 0.921. The van der Waals surface area contributed by atoms with Crippen LogP contribution >= 0.6 is 11.6 Å². The van der Waals surface area contributed by atoms with Crippen molar-refractivity contribution in [1.82, 2.24) is 15.3 Å². The largest absolute Gasteiger partial charge is 0.348 e. The Kier molecular flexibility index (Phi) is 5.07. The van der Waals surface area contributed by atoms with Crippen LogP contribution in [0.1, 0.15) is 29.4 Å². The van der Waals surface area contributed by atoms with E-state index in [0.717, 1.165) is 12.8 Å². The van der Waals surface area contributed by atoms with Crippen molar-refractivity contribution in [3.63, 3.8) is 0 Å².